The molecule has 1 aromatic carbocycles. The van der Waals surface area contributed by atoms with E-state index in [0.717, 1.165) is 21.2 Å². The molecule has 0 aliphatic carbocycles. The Morgan fingerprint density at radius 1 is 1.29 bits per heavy atom. The number of hydrogen-bond donors (Lipinski definition) is 4. The normalized spacial score (nSPS) is 13.9. The Bertz CT molecular complexity index is 769. The zero-order valence-corrected chi connectivity index (χ0v) is 15.2. The Kier molecular flexibility index (Phi) is 6.55. The number of aliphatic imine (C=N–C) groups is 1. The van der Waals surface area contributed by atoms with Gasteiger partial charge in [-0.05, 0) is 17.5 Å². The van der Waals surface area contributed by atoms with Crippen molar-refractivity contribution in [3.63, 3.8) is 0 Å². The SMILES string of the molecule is CN=C(NCCNS(C)(=O)=O)NCC(O)c1cc2ccccc2s1. The van der Waals surface area contributed by atoms with E-state index in [2.05, 4.69) is 20.3 Å². The van der Waals surface area contributed by atoms with Crippen LogP contribution in [-0.4, -0.2) is 52.4 Å². The summed E-state index contributed by atoms with van der Waals surface area (Å²) in [4.78, 5) is 4.93. The number of thiophene rings is 1. The molecule has 2 aromatic rings. The van der Waals surface area contributed by atoms with Crippen LogP contribution in [0.3, 0.4) is 0 Å². The molecule has 24 heavy (non-hydrogen) atoms. The summed E-state index contributed by atoms with van der Waals surface area (Å²) in [7, 11) is -1.58. The van der Waals surface area contributed by atoms with E-state index in [1.807, 2.05) is 30.3 Å². The predicted octanol–water partition coefficient (Wildman–Crippen LogP) is 0.649. The van der Waals surface area contributed by atoms with Crippen molar-refractivity contribution in [1.82, 2.24) is 15.4 Å². The number of nitrogens with one attached hydrogen (secondary N) is 3. The first-order valence-electron chi connectivity index (χ1n) is 7.45. The number of hydrogen-bond acceptors (Lipinski definition) is 5. The maximum atomic E-state index is 11.0. The molecule has 1 aromatic heterocycles. The van der Waals surface area contributed by atoms with E-state index in [9.17, 15) is 13.5 Å². The standard InChI is InChI=1S/C15H22N4O3S2/c1-16-15(17-7-8-19-24(2,21)22)18-10-12(20)14-9-11-5-3-4-6-13(11)23-14/h3-6,9,12,19-20H,7-8,10H2,1-2H3,(H2,16,17,18). The van der Waals surface area contributed by atoms with Crippen molar-refractivity contribution in [3.05, 3.63) is 35.2 Å². The lowest BCUT2D eigenvalue weighted by Crippen LogP contribution is -2.42. The minimum atomic E-state index is -3.19. The van der Waals surface area contributed by atoms with Crippen molar-refractivity contribution in [2.75, 3.05) is 32.9 Å². The lowest BCUT2D eigenvalue weighted by atomic mass is 10.2. The van der Waals surface area contributed by atoms with Crippen LogP contribution in [0.4, 0.5) is 0 Å². The van der Waals surface area contributed by atoms with Crippen LogP contribution in [0.2, 0.25) is 0 Å². The van der Waals surface area contributed by atoms with Gasteiger partial charge in [0.25, 0.3) is 0 Å². The molecule has 1 heterocycles. The van der Waals surface area contributed by atoms with Gasteiger partial charge in [-0.1, -0.05) is 18.2 Å². The summed E-state index contributed by atoms with van der Waals surface area (Å²) >= 11 is 1.56. The zero-order valence-electron chi connectivity index (χ0n) is 13.6. The van der Waals surface area contributed by atoms with Crippen LogP contribution in [-0.2, 0) is 10.0 Å². The van der Waals surface area contributed by atoms with Crippen LogP contribution in [0.1, 0.15) is 11.0 Å². The van der Waals surface area contributed by atoms with Gasteiger partial charge < -0.3 is 15.7 Å². The molecule has 1 unspecified atom stereocenters. The van der Waals surface area contributed by atoms with E-state index in [0.29, 0.717) is 19.0 Å². The molecule has 7 nitrogen and oxygen atoms in total. The fourth-order valence-electron chi connectivity index (χ4n) is 2.10. The summed E-state index contributed by atoms with van der Waals surface area (Å²) in [5, 5.41) is 17.4. The Morgan fingerprint density at radius 3 is 2.71 bits per heavy atom. The minimum absolute atomic E-state index is 0.262. The van der Waals surface area contributed by atoms with E-state index < -0.39 is 16.1 Å². The number of nitrogens with zero attached hydrogens (tertiary/aromatic N) is 1. The molecule has 0 bridgehead atoms. The number of benzene rings is 1. The number of rotatable bonds is 7. The zero-order chi connectivity index (χ0) is 17.6. The van der Waals surface area contributed by atoms with E-state index >= 15 is 0 Å². The van der Waals surface area contributed by atoms with Gasteiger partial charge in [-0.25, -0.2) is 13.1 Å². The van der Waals surface area contributed by atoms with Gasteiger partial charge in [-0.15, -0.1) is 11.3 Å². The Labute approximate surface area is 145 Å². The van der Waals surface area contributed by atoms with Crippen LogP contribution in [0.5, 0.6) is 0 Å². The first-order chi connectivity index (χ1) is 11.4. The third-order valence-corrected chi connectivity index (χ3v) is 5.19. The summed E-state index contributed by atoms with van der Waals surface area (Å²) in [6, 6.07) is 9.98. The third kappa shape index (κ3) is 5.75. The number of aliphatic hydroxyl groups excluding tert-OH is 1. The van der Waals surface area contributed by atoms with Gasteiger partial charge in [0.1, 0.15) is 6.10 Å². The van der Waals surface area contributed by atoms with Crippen molar-refractivity contribution in [2.45, 2.75) is 6.10 Å². The van der Waals surface area contributed by atoms with Crippen molar-refractivity contribution in [2.24, 2.45) is 4.99 Å². The number of fused-ring (bicyclic) bond motifs is 1. The van der Waals surface area contributed by atoms with Crippen LogP contribution in [0, 0.1) is 0 Å². The minimum Gasteiger partial charge on any atom is -0.386 e. The summed E-state index contributed by atoms with van der Waals surface area (Å²) in [5.74, 6) is 0.505. The topological polar surface area (TPSA) is 103 Å². The Hall–Kier alpha value is -1.68. The van der Waals surface area contributed by atoms with Crippen LogP contribution >= 0.6 is 11.3 Å². The van der Waals surface area contributed by atoms with Crippen molar-refractivity contribution >= 4 is 37.4 Å². The van der Waals surface area contributed by atoms with Gasteiger partial charge in [-0.2, -0.15) is 0 Å². The van der Waals surface area contributed by atoms with Gasteiger partial charge >= 0.3 is 0 Å². The molecule has 0 spiro atoms. The molecule has 0 fully saturated rings. The average molecular weight is 371 g/mol. The largest absolute Gasteiger partial charge is 0.386 e. The van der Waals surface area contributed by atoms with Crippen molar-refractivity contribution in [3.8, 4) is 0 Å². The molecule has 2 rings (SSSR count). The molecule has 0 saturated heterocycles. The molecular weight excluding hydrogens is 348 g/mol. The molecular formula is C15H22N4O3S2. The molecule has 0 saturated carbocycles. The Morgan fingerprint density at radius 2 is 2.04 bits per heavy atom. The second kappa shape index (κ2) is 8.43. The second-order valence-corrected chi connectivity index (χ2v) is 8.20. The molecule has 4 N–H and O–H groups in total. The summed E-state index contributed by atoms with van der Waals surface area (Å²) in [6.45, 7) is 0.968. The number of sulfonamides is 1. The van der Waals surface area contributed by atoms with Crippen molar-refractivity contribution in [1.29, 1.82) is 0 Å². The number of guanidine groups is 1. The van der Waals surface area contributed by atoms with E-state index in [1.165, 1.54) is 0 Å². The van der Waals surface area contributed by atoms with Gasteiger partial charge in [0.15, 0.2) is 5.96 Å². The van der Waals surface area contributed by atoms with E-state index in [4.69, 9.17) is 0 Å². The Balaban J connectivity index is 1.81. The highest BCUT2D eigenvalue weighted by Crippen LogP contribution is 2.29. The van der Waals surface area contributed by atoms with Crippen LogP contribution < -0.4 is 15.4 Å². The lowest BCUT2D eigenvalue weighted by Gasteiger charge is -2.14. The summed E-state index contributed by atoms with van der Waals surface area (Å²) in [6.07, 6.45) is 0.469. The van der Waals surface area contributed by atoms with Gasteiger partial charge in [-0.3, -0.25) is 4.99 Å². The highest BCUT2D eigenvalue weighted by Gasteiger charge is 2.12. The fourth-order valence-corrected chi connectivity index (χ4v) is 3.62. The lowest BCUT2D eigenvalue weighted by molar-refractivity contribution is 0.184. The van der Waals surface area contributed by atoms with Gasteiger partial charge in [0.2, 0.25) is 10.0 Å². The summed E-state index contributed by atoms with van der Waals surface area (Å²) < 4.78 is 25.5. The quantitative estimate of drug-likeness (QED) is 0.326. The monoisotopic (exact) mass is 370 g/mol. The first kappa shape index (κ1) is 18.7. The molecule has 9 heteroatoms. The van der Waals surface area contributed by atoms with E-state index in [-0.39, 0.29) is 6.54 Å². The van der Waals surface area contributed by atoms with Crippen LogP contribution in [0.15, 0.2) is 35.3 Å². The van der Waals surface area contributed by atoms with Gasteiger partial charge in [0.05, 0.1) is 6.26 Å². The van der Waals surface area contributed by atoms with Crippen molar-refractivity contribution < 1.29 is 13.5 Å². The molecule has 0 amide bonds. The van der Waals surface area contributed by atoms with Gasteiger partial charge in [0, 0.05) is 36.3 Å². The highest BCUT2D eigenvalue weighted by atomic mass is 32.2. The molecule has 132 valence electrons. The smallest absolute Gasteiger partial charge is 0.208 e. The highest BCUT2D eigenvalue weighted by molar-refractivity contribution is 7.88. The fraction of sp³-hybridized carbons (Fsp3) is 0.400. The predicted molar refractivity (Wildman–Crippen MR) is 99.0 cm³/mol. The third-order valence-electron chi connectivity index (χ3n) is 3.24. The average Bonchev–Trinajstić information content (AvgIpc) is 2.97. The summed E-state index contributed by atoms with van der Waals surface area (Å²) in [5.41, 5.74) is 0. The molecule has 0 radical (unpaired) electrons. The molecule has 0 aliphatic rings. The maximum absolute atomic E-state index is 11.0. The van der Waals surface area contributed by atoms with Crippen LogP contribution in [0.25, 0.3) is 10.1 Å². The molecule has 1 atom stereocenters. The number of aliphatic hydroxyl groups is 1. The first-order valence-corrected chi connectivity index (χ1v) is 10.2. The van der Waals surface area contributed by atoms with E-state index in [1.54, 1.807) is 18.4 Å². The maximum Gasteiger partial charge on any atom is 0.208 e. The second-order valence-electron chi connectivity index (χ2n) is 5.25. The molecule has 0 aliphatic heterocycles.